The normalized spacial score (nSPS) is 21.3. The van der Waals surface area contributed by atoms with Gasteiger partial charge in [0, 0.05) is 26.3 Å². The average molecular weight is 371 g/mol. The van der Waals surface area contributed by atoms with Gasteiger partial charge < -0.3 is 20.0 Å². The number of rotatable bonds is 4. The summed E-state index contributed by atoms with van der Waals surface area (Å²) in [6, 6.07) is 1.79. The van der Waals surface area contributed by atoms with Gasteiger partial charge in [-0.05, 0) is 63.7 Å². The summed E-state index contributed by atoms with van der Waals surface area (Å²) >= 11 is 0. The molecular weight excluding hydrogens is 342 g/mol. The van der Waals surface area contributed by atoms with Crippen LogP contribution in [0.5, 0.6) is 0 Å². The number of nitrogens with one attached hydrogen (secondary N) is 1. The number of amides is 2. The first-order valence-electron chi connectivity index (χ1n) is 10.1. The molecule has 0 spiro atoms. The highest BCUT2D eigenvalue weighted by Crippen LogP contribution is 2.28. The van der Waals surface area contributed by atoms with Crippen LogP contribution in [0.15, 0.2) is 12.3 Å². The first kappa shape index (κ1) is 18.2. The van der Waals surface area contributed by atoms with Crippen molar-refractivity contribution in [1.29, 1.82) is 0 Å². The van der Waals surface area contributed by atoms with Gasteiger partial charge in [-0.1, -0.05) is 0 Å². The molecule has 7 nitrogen and oxygen atoms in total. The van der Waals surface area contributed by atoms with Crippen molar-refractivity contribution in [2.45, 2.75) is 32.1 Å². The van der Waals surface area contributed by atoms with E-state index in [1.165, 1.54) is 38.9 Å². The van der Waals surface area contributed by atoms with E-state index in [2.05, 4.69) is 15.2 Å². The molecule has 3 aliphatic rings. The fourth-order valence-electron chi connectivity index (χ4n) is 4.35. The van der Waals surface area contributed by atoms with Crippen LogP contribution in [0.25, 0.3) is 0 Å². The second-order valence-corrected chi connectivity index (χ2v) is 7.97. The van der Waals surface area contributed by atoms with Crippen LogP contribution in [0.2, 0.25) is 0 Å². The summed E-state index contributed by atoms with van der Waals surface area (Å²) in [6.07, 6.45) is 7.73. The molecular formula is C20H29N5O2. The van der Waals surface area contributed by atoms with Gasteiger partial charge in [0.2, 0.25) is 5.91 Å². The minimum atomic E-state index is -0.0206. The Bertz CT molecular complexity index is 708. The molecule has 27 heavy (non-hydrogen) atoms. The second-order valence-electron chi connectivity index (χ2n) is 7.97. The summed E-state index contributed by atoms with van der Waals surface area (Å²) in [4.78, 5) is 35.2. The van der Waals surface area contributed by atoms with Crippen molar-refractivity contribution in [2.75, 3.05) is 56.5 Å². The minimum absolute atomic E-state index is 0.0206. The number of carbonyl (C=O) groups is 2. The van der Waals surface area contributed by atoms with Crippen LogP contribution in [-0.4, -0.2) is 72.9 Å². The van der Waals surface area contributed by atoms with E-state index in [0.29, 0.717) is 17.1 Å². The van der Waals surface area contributed by atoms with Crippen LogP contribution in [0.3, 0.4) is 0 Å². The van der Waals surface area contributed by atoms with Crippen molar-refractivity contribution < 1.29 is 9.59 Å². The van der Waals surface area contributed by atoms with Crippen LogP contribution in [0.1, 0.15) is 42.5 Å². The van der Waals surface area contributed by atoms with Gasteiger partial charge >= 0.3 is 0 Å². The van der Waals surface area contributed by atoms with Crippen molar-refractivity contribution in [3.05, 3.63) is 17.8 Å². The molecule has 146 valence electrons. The van der Waals surface area contributed by atoms with Crippen LogP contribution in [0.4, 0.5) is 11.5 Å². The van der Waals surface area contributed by atoms with E-state index in [0.717, 1.165) is 31.8 Å². The van der Waals surface area contributed by atoms with E-state index in [1.807, 2.05) is 4.90 Å². The third-order valence-corrected chi connectivity index (χ3v) is 6.21. The number of nitrogens with zero attached hydrogens (tertiary/aromatic N) is 4. The highest BCUT2D eigenvalue weighted by atomic mass is 16.2. The molecule has 2 amide bonds. The standard InChI is InChI=1S/C20H29N5O2/c1-23-17-12-16(13-21-19(17)22-14-18(23)26)20(27)25-10-5-15(6-11-25)4-9-24-7-2-3-8-24/h12-13,15H,2-11,14H2,1H3,(H,21,22). The lowest BCUT2D eigenvalue weighted by atomic mass is 9.93. The Morgan fingerprint density at radius 3 is 2.70 bits per heavy atom. The third-order valence-electron chi connectivity index (χ3n) is 6.21. The van der Waals surface area contributed by atoms with Gasteiger partial charge in [-0.15, -0.1) is 0 Å². The maximum absolute atomic E-state index is 12.9. The van der Waals surface area contributed by atoms with E-state index in [4.69, 9.17) is 0 Å². The Morgan fingerprint density at radius 2 is 1.96 bits per heavy atom. The Labute approximate surface area is 160 Å². The molecule has 3 aliphatic heterocycles. The first-order chi connectivity index (χ1) is 13.1. The van der Waals surface area contributed by atoms with Crippen LogP contribution in [0, 0.1) is 5.92 Å². The molecule has 0 atom stereocenters. The second kappa shape index (κ2) is 7.84. The van der Waals surface area contributed by atoms with Crippen LogP contribution < -0.4 is 10.2 Å². The van der Waals surface area contributed by atoms with Gasteiger partial charge in [-0.25, -0.2) is 4.98 Å². The summed E-state index contributed by atoms with van der Waals surface area (Å²) in [5.41, 5.74) is 1.24. The molecule has 0 bridgehead atoms. The van der Waals surface area contributed by atoms with Gasteiger partial charge in [-0.2, -0.15) is 0 Å². The van der Waals surface area contributed by atoms with E-state index >= 15 is 0 Å². The zero-order chi connectivity index (χ0) is 18.8. The molecule has 2 saturated heterocycles. The molecule has 1 N–H and O–H groups in total. The fraction of sp³-hybridized carbons (Fsp3) is 0.650. The van der Waals surface area contributed by atoms with Crippen molar-refractivity contribution >= 4 is 23.3 Å². The van der Waals surface area contributed by atoms with Gasteiger partial charge in [0.05, 0.1) is 17.8 Å². The molecule has 0 aliphatic carbocycles. The Kier molecular flexibility index (Phi) is 5.29. The van der Waals surface area contributed by atoms with Gasteiger partial charge in [0.1, 0.15) is 5.82 Å². The molecule has 2 fully saturated rings. The van der Waals surface area contributed by atoms with Crippen molar-refractivity contribution in [3.8, 4) is 0 Å². The Morgan fingerprint density at radius 1 is 1.22 bits per heavy atom. The quantitative estimate of drug-likeness (QED) is 0.874. The summed E-state index contributed by atoms with van der Waals surface area (Å²) < 4.78 is 0. The zero-order valence-corrected chi connectivity index (χ0v) is 16.1. The van der Waals surface area contributed by atoms with Gasteiger partial charge in [0.25, 0.3) is 5.91 Å². The molecule has 0 saturated carbocycles. The molecule has 4 rings (SSSR count). The highest BCUT2D eigenvalue weighted by molar-refractivity contribution is 6.03. The number of likely N-dealkylation sites (N-methyl/N-ethyl adjacent to an activating group) is 1. The van der Waals surface area contributed by atoms with E-state index in [1.54, 1.807) is 24.2 Å². The summed E-state index contributed by atoms with van der Waals surface area (Å²) in [5, 5.41) is 3.00. The lowest BCUT2D eigenvalue weighted by Crippen LogP contribution is -2.40. The lowest BCUT2D eigenvalue weighted by Gasteiger charge is -2.33. The maximum atomic E-state index is 12.9. The number of piperidine rings is 1. The number of aromatic nitrogens is 1. The van der Waals surface area contributed by atoms with Crippen LogP contribution >= 0.6 is 0 Å². The summed E-state index contributed by atoms with van der Waals surface area (Å²) in [7, 11) is 1.73. The molecule has 0 radical (unpaired) electrons. The number of pyridine rings is 1. The van der Waals surface area contributed by atoms with E-state index in [9.17, 15) is 9.59 Å². The van der Waals surface area contributed by atoms with E-state index < -0.39 is 0 Å². The zero-order valence-electron chi connectivity index (χ0n) is 16.1. The molecule has 1 aromatic heterocycles. The highest BCUT2D eigenvalue weighted by Gasteiger charge is 2.27. The molecule has 0 unspecified atom stereocenters. The molecule has 1 aromatic rings. The monoisotopic (exact) mass is 371 g/mol. The first-order valence-corrected chi connectivity index (χ1v) is 10.1. The van der Waals surface area contributed by atoms with Crippen LogP contribution in [-0.2, 0) is 4.79 Å². The van der Waals surface area contributed by atoms with Crippen molar-refractivity contribution in [3.63, 3.8) is 0 Å². The Balaban J connectivity index is 1.33. The molecule has 4 heterocycles. The van der Waals surface area contributed by atoms with Crippen molar-refractivity contribution in [2.24, 2.45) is 5.92 Å². The van der Waals surface area contributed by atoms with Crippen molar-refractivity contribution in [1.82, 2.24) is 14.8 Å². The number of carbonyl (C=O) groups excluding carboxylic acids is 2. The SMILES string of the molecule is CN1C(=O)CNc2ncc(C(=O)N3CCC(CCN4CCCC4)CC3)cc21. The lowest BCUT2D eigenvalue weighted by molar-refractivity contribution is -0.116. The smallest absolute Gasteiger partial charge is 0.255 e. The number of hydrogen-bond acceptors (Lipinski definition) is 5. The summed E-state index contributed by atoms with van der Waals surface area (Å²) in [5.74, 6) is 1.39. The predicted octanol–water partition coefficient (Wildman–Crippen LogP) is 1.81. The Hall–Kier alpha value is -2.15. The largest absolute Gasteiger partial charge is 0.359 e. The topological polar surface area (TPSA) is 68.8 Å². The average Bonchev–Trinajstić information content (AvgIpc) is 3.23. The molecule has 7 heteroatoms. The number of fused-ring (bicyclic) bond motifs is 1. The maximum Gasteiger partial charge on any atom is 0.255 e. The number of likely N-dealkylation sites (tertiary alicyclic amines) is 2. The summed E-state index contributed by atoms with van der Waals surface area (Å²) in [6.45, 7) is 5.60. The predicted molar refractivity (Wildman–Crippen MR) is 105 cm³/mol. The third kappa shape index (κ3) is 3.93. The fourth-order valence-corrected chi connectivity index (χ4v) is 4.35. The number of hydrogen-bond donors (Lipinski definition) is 1. The molecule has 0 aromatic carbocycles. The minimum Gasteiger partial charge on any atom is -0.359 e. The van der Waals surface area contributed by atoms with Gasteiger partial charge in [-0.3, -0.25) is 9.59 Å². The van der Waals surface area contributed by atoms with E-state index in [-0.39, 0.29) is 18.4 Å². The van der Waals surface area contributed by atoms with Gasteiger partial charge in [0.15, 0.2) is 0 Å². The number of anilines is 2.